The molecule has 3 heteroatoms. The van der Waals surface area contributed by atoms with Crippen molar-refractivity contribution in [1.29, 1.82) is 0 Å². The minimum Gasteiger partial charge on any atom is -0.491 e. The van der Waals surface area contributed by atoms with Crippen LogP contribution in [0.4, 0.5) is 0 Å². The molecule has 0 spiro atoms. The van der Waals surface area contributed by atoms with Crippen molar-refractivity contribution in [1.82, 2.24) is 5.32 Å². The van der Waals surface area contributed by atoms with Crippen LogP contribution >= 0.6 is 11.3 Å². The molecule has 0 bridgehead atoms. The fourth-order valence-electron chi connectivity index (χ4n) is 1.87. The molecule has 1 atom stereocenters. The maximum Gasteiger partial charge on any atom is 0.119 e. The van der Waals surface area contributed by atoms with E-state index in [0.717, 1.165) is 12.3 Å². The van der Waals surface area contributed by atoms with Crippen LogP contribution in [0.2, 0.25) is 0 Å². The standard InChI is InChI=1S/C16H21NOS/c1-12(2)18-15-8-6-14(7-9-15)11-17-13(3)16-5-4-10-19-16/h4-10,12-13,17H,11H2,1-3H3. The lowest BCUT2D eigenvalue weighted by atomic mass is 10.2. The third kappa shape index (κ3) is 4.37. The largest absolute Gasteiger partial charge is 0.491 e. The van der Waals surface area contributed by atoms with Crippen molar-refractivity contribution in [3.05, 3.63) is 52.2 Å². The lowest BCUT2D eigenvalue weighted by Gasteiger charge is -2.13. The van der Waals surface area contributed by atoms with Gasteiger partial charge < -0.3 is 10.1 Å². The fourth-order valence-corrected chi connectivity index (χ4v) is 2.63. The molecule has 1 aromatic heterocycles. The summed E-state index contributed by atoms with van der Waals surface area (Å²) < 4.78 is 5.63. The average Bonchev–Trinajstić information content (AvgIpc) is 2.91. The third-order valence-corrected chi connectivity index (χ3v) is 3.93. The Bertz CT molecular complexity index is 476. The zero-order chi connectivity index (χ0) is 13.7. The predicted octanol–water partition coefficient (Wildman–Crippen LogP) is 4.39. The normalized spacial score (nSPS) is 12.6. The molecule has 0 aliphatic rings. The van der Waals surface area contributed by atoms with Crippen LogP contribution < -0.4 is 10.1 Å². The minimum absolute atomic E-state index is 0.225. The monoisotopic (exact) mass is 275 g/mol. The number of hydrogen-bond acceptors (Lipinski definition) is 3. The van der Waals surface area contributed by atoms with Crippen LogP contribution in [0.25, 0.3) is 0 Å². The highest BCUT2D eigenvalue weighted by atomic mass is 32.1. The van der Waals surface area contributed by atoms with Crippen molar-refractivity contribution >= 4 is 11.3 Å². The van der Waals surface area contributed by atoms with Crippen molar-refractivity contribution in [2.45, 2.75) is 39.5 Å². The summed E-state index contributed by atoms with van der Waals surface area (Å²) >= 11 is 1.79. The molecule has 1 N–H and O–H groups in total. The zero-order valence-corrected chi connectivity index (χ0v) is 12.5. The first-order valence-corrected chi connectivity index (χ1v) is 7.55. The summed E-state index contributed by atoms with van der Waals surface area (Å²) in [5.74, 6) is 0.935. The van der Waals surface area contributed by atoms with Crippen molar-refractivity contribution in [3.8, 4) is 5.75 Å². The van der Waals surface area contributed by atoms with Crippen LogP contribution in [0.1, 0.15) is 37.3 Å². The van der Waals surface area contributed by atoms with E-state index in [1.807, 2.05) is 26.0 Å². The Morgan fingerprint density at radius 1 is 1.11 bits per heavy atom. The van der Waals surface area contributed by atoms with Crippen LogP contribution in [0, 0.1) is 0 Å². The first kappa shape index (κ1) is 14.1. The molecular formula is C16H21NOS. The Morgan fingerprint density at radius 3 is 2.42 bits per heavy atom. The Hall–Kier alpha value is -1.32. The Labute approximate surface area is 119 Å². The van der Waals surface area contributed by atoms with E-state index in [0.29, 0.717) is 6.04 Å². The zero-order valence-electron chi connectivity index (χ0n) is 11.7. The highest BCUT2D eigenvalue weighted by Gasteiger charge is 2.05. The summed E-state index contributed by atoms with van der Waals surface area (Å²) in [4.78, 5) is 1.37. The maximum atomic E-state index is 5.63. The number of nitrogens with one attached hydrogen (secondary N) is 1. The van der Waals surface area contributed by atoms with Gasteiger partial charge in [0.25, 0.3) is 0 Å². The van der Waals surface area contributed by atoms with E-state index in [1.54, 1.807) is 11.3 Å². The molecule has 19 heavy (non-hydrogen) atoms. The summed E-state index contributed by atoms with van der Waals surface area (Å²) in [6, 6.07) is 13.0. The second-order valence-corrected chi connectivity index (χ2v) is 5.91. The summed E-state index contributed by atoms with van der Waals surface area (Å²) in [5.41, 5.74) is 1.28. The van der Waals surface area contributed by atoms with E-state index in [4.69, 9.17) is 4.74 Å². The first-order chi connectivity index (χ1) is 9.15. The van der Waals surface area contributed by atoms with Crippen LogP contribution in [-0.4, -0.2) is 6.10 Å². The fraction of sp³-hybridized carbons (Fsp3) is 0.375. The van der Waals surface area contributed by atoms with Gasteiger partial charge in [0, 0.05) is 17.5 Å². The van der Waals surface area contributed by atoms with Gasteiger partial charge in [-0.1, -0.05) is 18.2 Å². The molecule has 2 aromatic rings. The van der Waals surface area contributed by atoms with Crippen LogP contribution in [0.5, 0.6) is 5.75 Å². The van der Waals surface area contributed by atoms with Gasteiger partial charge in [-0.15, -0.1) is 11.3 Å². The third-order valence-electron chi connectivity index (χ3n) is 2.88. The smallest absolute Gasteiger partial charge is 0.119 e. The number of thiophene rings is 1. The van der Waals surface area contributed by atoms with Gasteiger partial charge in [0.2, 0.25) is 0 Å². The quantitative estimate of drug-likeness (QED) is 0.844. The topological polar surface area (TPSA) is 21.3 Å². The molecule has 0 saturated carbocycles. The molecule has 2 nitrogen and oxygen atoms in total. The highest BCUT2D eigenvalue weighted by Crippen LogP contribution is 2.19. The summed E-state index contributed by atoms with van der Waals surface area (Å²) in [5, 5.41) is 5.65. The van der Waals surface area contributed by atoms with Gasteiger partial charge >= 0.3 is 0 Å². The molecule has 1 unspecified atom stereocenters. The van der Waals surface area contributed by atoms with E-state index in [9.17, 15) is 0 Å². The van der Waals surface area contributed by atoms with Crippen molar-refractivity contribution in [3.63, 3.8) is 0 Å². The van der Waals surface area contributed by atoms with E-state index >= 15 is 0 Å². The van der Waals surface area contributed by atoms with Crippen LogP contribution in [0.15, 0.2) is 41.8 Å². The van der Waals surface area contributed by atoms with E-state index in [1.165, 1.54) is 10.4 Å². The minimum atomic E-state index is 0.225. The second kappa shape index (κ2) is 6.73. The SMILES string of the molecule is CC(C)Oc1ccc(CNC(C)c2cccs2)cc1. The van der Waals surface area contributed by atoms with E-state index in [2.05, 4.69) is 41.9 Å². The van der Waals surface area contributed by atoms with Crippen LogP contribution in [0.3, 0.4) is 0 Å². The number of rotatable bonds is 6. The maximum absolute atomic E-state index is 5.63. The molecular weight excluding hydrogens is 254 g/mol. The number of benzene rings is 1. The molecule has 0 aliphatic carbocycles. The van der Waals surface area contributed by atoms with Gasteiger partial charge in [0.1, 0.15) is 5.75 Å². The molecule has 1 aromatic carbocycles. The van der Waals surface area contributed by atoms with Gasteiger partial charge in [-0.25, -0.2) is 0 Å². The van der Waals surface area contributed by atoms with E-state index in [-0.39, 0.29) is 6.10 Å². The Kier molecular flexibility index (Phi) is 5.00. The van der Waals surface area contributed by atoms with Gasteiger partial charge in [-0.3, -0.25) is 0 Å². The first-order valence-electron chi connectivity index (χ1n) is 6.67. The molecule has 2 rings (SSSR count). The molecule has 0 amide bonds. The molecule has 0 saturated heterocycles. The number of hydrogen-bond donors (Lipinski definition) is 1. The lowest BCUT2D eigenvalue weighted by molar-refractivity contribution is 0.242. The van der Waals surface area contributed by atoms with Gasteiger partial charge in [-0.2, -0.15) is 0 Å². The van der Waals surface area contributed by atoms with E-state index < -0.39 is 0 Å². The second-order valence-electron chi connectivity index (χ2n) is 4.93. The molecule has 102 valence electrons. The van der Waals surface area contributed by atoms with Crippen molar-refractivity contribution in [2.24, 2.45) is 0 Å². The lowest BCUT2D eigenvalue weighted by Crippen LogP contribution is -2.17. The van der Waals surface area contributed by atoms with Crippen molar-refractivity contribution < 1.29 is 4.74 Å². The molecule has 0 aliphatic heterocycles. The summed E-state index contributed by atoms with van der Waals surface area (Å²) in [6.45, 7) is 7.15. The summed E-state index contributed by atoms with van der Waals surface area (Å²) in [6.07, 6.45) is 0.225. The van der Waals surface area contributed by atoms with Gasteiger partial charge in [-0.05, 0) is 49.9 Å². The van der Waals surface area contributed by atoms with Crippen LogP contribution in [-0.2, 0) is 6.54 Å². The molecule has 1 heterocycles. The average molecular weight is 275 g/mol. The van der Waals surface area contributed by atoms with Gasteiger partial charge in [0.15, 0.2) is 0 Å². The Morgan fingerprint density at radius 2 is 1.84 bits per heavy atom. The number of ether oxygens (including phenoxy) is 1. The summed E-state index contributed by atoms with van der Waals surface area (Å²) in [7, 11) is 0. The predicted molar refractivity (Wildman–Crippen MR) is 81.8 cm³/mol. The molecule has 0 fully saturated rings. The van der Waals surface area contributed by atoms with Crippen molar-refractivity contribution in [2.75, 3.05) is 0 Å². The Balaban J connectivity index is 1.86. The van der Waals surface area contributed by atoms with Gasteiger partial charge in [0.05, 0.1) is 6.10 Å². The highest BCUT2D eigenvalue weighted by molar-refractivity contribution is 7.10. The molecule has 0 radical (unpaired) electrons.